The Bertz CT molecular complexity index is 913. The van der Waals surface area contributed by atoms with E-state index in [-0.39, 0.29) is 23.0 Å². The topological polar surface area (TPSA) is 53.5 Å². The van der Waals surface area contributed by atoms with Gasteiger partial charge < -0.3 is 20.5 Å². The number of hydrogen-bond donors (Lipinski definition) is 3. The van der Waals surface area contributed by atoms with Crippen molar-refractivity contribution in [3.05, 3.63) is 58.9 Å². The number of halogens is 1. The lowest BCUT2D eigenvalue weighted by atomic mass is 9.77. The molecule has 0 bridgehead atoms. The molecule has 142 valence electrons. The fourth-order valence-corrected chi connectivity index (χ4v) is 4.78. The first-order valence-corrected chi connectivity index (χ1v) is 9.46. The van der Waals surface area contributed by atoms with Crippen LogP contribution in [0, 0.1) is 12.7 Å². The lowest BCUT2D eigenvalue weighted by Crippen LogP contribution is -2.69. The van der Waals surface area contributed by atoms with Gasteiger partial charge in [-0.05, 0) is 56.8 Å². The minimum Gasteiger partial charge on any atom is -0.508 e. The molecule has 0 saturated carbocycles. The number of phenolic OH excluding ortho intramolecular Hbond substituents is 1. The maximum atomic E-state index is 13.5. The van der Waals surface area contributed by atoms with E-state index in [0.29, 0.717) is 29.3 Å². The number of phenols is 1. The van der Waals surface area contributed by atoms with E-state index in [2.05, 4.69) is 24.5 Å². The van der Waals surface area contributed by atoms with Crippen molar-refractivity contribution in [3.8, 4) is 11.5 Å². The van der Waals surface area contributed by atoms with Gasteiger partial charge in [-0.15, -0.1) is 0 Å². The second-order valence-corrected chi connectivity index (χ2v) is 8.58. The van der Waals surface area contributed by atoms with E-state index < -0.39 is 5.72 Å². The number of fused-ring (bicyclic) bond motifs is 1. The van der Waals surface area contributed by atoms with Gasteiger partial charge >= 0.3 is 0 Å². The summed E-state index contributed by atoms with van der Waals surface area (Å²) in [5, 5.41) is 17.4. The molecule has 0 radical (unpaired) electrons. The normalized spacial score (nSPS) is 25.9. The molecule has 1 saturated heterocycles. The number of aromatic hydroxyl groups is 1. The number of nitrogens with one attached hydrogen (secondary N) is 2. The van der Waals surface area contributed by atoms with Crippen LogP contribution in [-0.2, 0) is 0 Å². The van der Waals surface area contributed by atoms with Gasteiger partial charge in [0.15, 0.2) is 10.8 Å². The highest BCUT2D eigenvalue weighted by atomic mass is 32.1. The first-order chi connectivity index (χ1) is 12.7. The van der Waals surface area contributed by atoms with Crippen molar-refractivity contribution >= 4 is 17.3 Å². The van der Waals surface area contributed by atoms with Crippen molar-refractivity contribution in [2.75, 3.05) is 0 Å². The predicted molar refractivity (Wildman–Crippen MR) is 107 cm³/mol. The molecule has 2 atom stereocenters. The summed E-state index contributed by atoms with van der Waals surface area (Å²) in [6.07, 6.45) is 1.34. The van der Waals surface area contributed by atoms with E-state index in [1.54, 1.807) is 6.07 Å². The minimum absolute atomic E-state index is 0.00199. The molecule has 4 rings (SSSR count). The third-order valence-corrected chi connectivity index (χ3v) is 5.61. The Morgan fingerprint density at radius 2 is 1.85 bits per heavy atom. The molecular weight excluding hydrogens is 363 g/mol. The summed E-state index contributed by atoms with van der Waals surface area (Å²) in [6, 6.07) is 10.2. The summed E-state index contributed by atoms with van der Waals surface area (Å²) < 4.78 is 20.0. The highest BCUT2D eigenvalue weighted by molar-refractivity contribution is 7.80. The summed E-state index contributed by atoms with van der Waals surface area (Å²) in [5.41, 5.74) is 1.76. The van der Waals surface area contributed by atoms with Crippen LogP contribution in [-0.4, -0.2) is 21.5 Å². The van der Waals surface area contributed by atoms with Crippen molar-refractivity contribution in [3.63, 3.8) is 0 Å². The van der Waals surface area contributed by atoms with Gasteiger partial charge in [0.25, 0.3) is 0 Å². The summed E-state index contributed by atoms with van der Waals surface area (Å²) >= 11 is 5.44. The Balaban J connectivity index is 1.86. The zero-order chi connectivity index (χ0) is 19.4. The third-order valence-electron chi connectivity index (χ3n) is 5.41. The van der Waals surface area contributed by atoms with Crippen molar-refractivity contribution in [1.29, 1.82) is 0 Å². The number of ether oxygens (including phenoxy) is 1. The largest absolute Gasteiger partial charge is 0.508 e. The quantitative estimate of drug-likeness (QED) is 0.645. The average molecular weight is 386 g/mol. The fourth-order valence-electron chi connectivity index (χ4n) is 4.31. The van der Waals surface area contributed by atoms with Crippen LogP contribution >= 0.6 is 12.2 Å². The van der Waals surface area contributed by atoms with Gasteiger partial charge in [0, 0.05) is 35.4 Å². The SMILES string of the molecule is Cc1c(O)ccc2c1O[C@]1(C[C@H]2c2ccc(F)cc2)CC(C)(C)NC(=S)N1. The molecule has 2 aliphatic heterocycles. The summed E-state index contributed by atoms with van der Waals surface area (Å²) in [7, 11) is 0. The Hall–Kier alpha value is -2.34. The number of benzene rings is 2. The van der Waals surface area contributed by atoms with Gasteiger partial charge in [0.1, 0.15) is 17.3 Å². The molecule has 3 N–H and O–H groups in total. The van der Waals surface area contributed by atoms with Crippen LogP contribution in [0.5, 0.6) is 11.5 Å². The standard InChI is InChI=1S/C21H23FN2O2S/c1-12-17(25)9-8-15-16(13-4-6-14(22)7-5-13)10-21(26-18(12)15)11-20(2,3)23-19(27)24-21/h4-9,16,25H,10-11H2,1-3H3,(H2,23,24,27)/t16-,21+/m0/s1. The van der Waals surface area contributed by atoms with E-state index >= 15 is 0 Å². The summed E-state index contributed by atoms with van der Waals surface area (Å²) in [4.78, 5) is 0. The Morgan fingerprint density at radius 1 is 1.15 bits per heavy atom. The number of hydrogen-bond acceptors (Lipinski definition) is 3. The highest BCUT2D eigenvalue weighted by Gasteiger charge is 2.49. The first-order valence-electron chi connectivity index (χ1n) is 9.05. The molecule has 2 heterocycles. The monoisotopic (exact) mass is 386 g/mol. The maximum Gasteiger partial charge on any atom is 0.185 e. The van der Waals surface area contributed by atoms with E-state index in [1.165, 1.54) is 12.1 Å². The van der Waals surface area contributed by atoms with Crippen molar-refractivity contribution < 1.29 is 14.2 Å². The first kappa shape index (κ1) is 18.0. The fraction of sp³-hybridized carbons (Fsp3) is 0.381. The van der Waals surface area contributed by atoms with E-state index in [9.17, 15) is 9.50 Å². The lowest BCUT2D eigenvalue weighted by Gasteiger charge is -2.51. The maximum absolute atomic E-state index is 13.5. The molecule has 1 spiro atoms. The second kappa shape index (κ2) is 6.09. The highest BCUT2D eigenvalue weighted by Crippen LogP contribution is 2.49. The molecule has 6 heteroatoms. The van der Waals surface area contributed by atoms with E-state index in [4.69, 9.17) is 17.0 Å². The minimum atomic E-state index is -0.698. The Labute approximate surface area is 163 Å². The molecule has 0 aromatic heterocycles. The van der Waals surface area contributed by atoms with Gasteiger partial charge in [-0.25, -0.2) is 4.39 Å². The summed E-state index contributed by atoms with van der Waals surface area (Å²) in [6.45, 7) is 6.02. The van der Waals surface area contributed by atoms with E-state index in [0.717, 1.165) is 11.1 Å². The van der Waals surface area contributed by atoms with Crippen LogP contribution in [0.3, 0.4) is 0 Å². The Kier molecular flexibility index (Phi) is 4.07. The van der Waals surface area contributed by atoms with Gasteiger partial charge in [0.2, 0.25) is 0 Å². The van der Waals surface area contributed by atoms with Crippen LogP contribution in [0.2, 0.25) is 0 Å². The van der Waals surface area contributed by atoms with Gasteiger partial charge in [-0.3, -0.25) is 0 Å². The van der Waals surface area contributed by atoms with Gasteiger partial charge in [0.05, 0.1) is 0 Å². The van der Waals surface area contributed by atoms with Crippen LogP contribution in [0.4, 0.5) is 4.39 Å². The zero-order valence-corrected chi connectivity index (χ0v) is 16.4. The van der Waals surface area contributed by atoms with Crippen LogP contribution < -0.4 is 15.4 Å². The van der Waals surface area contributed by atoms with Crippen molar-refractivity contribution in [1.82, 2.24) is 10.6 Å². The third kappa shape index (κ3) is 3.23. The van der Waals surface area contributed by atoms with Crippen molar-refractivity contribution in [2.45, 2.75) is 50.8 Å². The molecule has 2 aromatic carbocycles. The average Bonchev–Trinajstić information content (AvgIpc) is 2.57. The molecule has 0 unspecified atom stereocenters. The molecule has 0 aliphatic carbocycles. The molecule has 4 nitrogen and oxygen atoms in total. The summed E-state index contributed by atoms with van der Waals surface area (Å²) in [5.74, 6) is 0.603. The molecular formula is C21H23FN2O2S. The Morgan fingerprint density at radius 3 is 2.52 bits per heavy atom. The molecule has 1 fully saturated rings. The number of thiocarbonyl (C=S) groups is 1. The lowest BCUT2D eigenvalue weighted by molar-refractivity contribution is -0.0134. The molecule has 0 amide bonds. The predicted octanol–water partition coefficient (Wildman–Crippen LogP) is 4.10. The second-order valence-electron chi connectivity index (χ2n) is 8.17. The zero-order valence-electron chi connectivity index (χ0n) is 15.6. The number of rotatable bonds is 1. The smallest absolute Gasteiger partial charge is 0.185 e. The van der Waals surface area contributed by atoms with Crippen LogP contribution in [0.15, 0.2) is 36.4 Å². The van der Waals surface area contributed by atoms with Crippen LogP contribution in [0.25, 0.3) is 0 Å². The molecule has 2 aliphatic rings. The van der Waals surface area contributed by atoms with Crippen LogP contribution in [0.1, 0.15) is 49.3 Å². The van der Waals surface area contributed by atoms with Gasteiger partial charge in [-0.2, -0.15) is 0 Å². The van der Waals surface area contributed by atoms with Crippen molar-refractivity contribution in [2.24, 2.45) is 0 Å². The molecule has 2 aromatic rings. The van der Waals surface area contributed by atoms with Gasteiger partial charge in [-0.1, -0.05) is 18.2 Å². The molecule has 27 heavy (non-hydrogen) atoms. The van der Waals surface area contributed by atoms with E-state index in [1.807, 2.05) is 25.1 Å².